The number of nitrogens with zero attached hydrogens (tertiary/aromatic N) is 2. The van der Waals surface area contributed by atoms with E-state index in [0.717, 1.165) is 42.2 Å². The largest absolute Gasteiger partial charge is 0.457 e. The van der Waals surface area contributed by atoms with Crippen LogP contribution in [0.3, 0.4) is 0 Å². The number of fused-ring (bicyclic) bond motifs is 2. The Labute approximate surface area is 224 Å². The molecule has 6 heteroatoms. The van der Waals surface area contributed by atoms with Gasteiger partial charge in [0.2, 0.25) is 0 Å². The number of benzene rings is 3. The first-order valence-corrected chi connectivity index (χ1v) is 13.1. The van der Waals surface area contributed by atoms with Gasteiger partial charge in [0.15, 0.2) is 0 Å². The van der Waals surface area contributed by atoms with Crippen molar-refractivity contribution in [2.75, 3.05) is 25.5 Å². The fraction of sp³-hybridized carbons (Fsp3) is 0.250. The summed E-state index contributed by atoms with van der Waals surface area (Å²) < 4.78 is 5.86. The number of aliphatic imine (C=N–C) groups is 1. The number of hydrogen-bond donors (Lipinski definition) is 2. The van der Waals surface area contributed by atoms with Crippen LogP contribution >= 0.6 is 0 Å². The molecule has 2 N–H and O–H groups in total. The second kappa shape index (κ2) is 11.0. The molecule has 0 atom stereocenters. The molecule has 6 nitrogen and oxygen atoms in total. The molecule has 194 valence electrons. The predicted octanol–water partition coefficient (Wildman–Crippen LogP) is 6.87. The van der Waals surface area contributed by atoms with Gasteiger partial charge < -0.3 is 20.3 Å². The smallest absolute Gasteiger partial charge is 0.321 e. The maximum atomic E-state index is 13.1. The molecule has 38 heavy (non-hydrogen) atoms. The number of amides is 2. The van der Waals surface area contributed by atoms with Crippen molar-refractivity contribution >= 4 is 17.4 Å². The van der Waals surface area contributed by atoms with Crippen molar-refractivity contribution in [3.05, 3.63) is 114 Å². The first-order chi connectivity index (χ1) is 18.5. The van der Waals surface area contributed by atoms with E-state index in [0.29, 0.717) is 18.9 Å². The van der Waals surface area contributed by atoms with E-state index in [1.165, 1.54) is 16.7 Å². The molecule has 0 saturated carbocycles. The van der Waals surface area contributed by atoms with Gasteiger partial charge in [-0.15, -0.1) is 0 Å². The second-order valence-corrected chi connectivity index (χ2v) is 9.83. The fourth-order valence-electron chi connectivity index (χ4n) is 5.45. The number of piperidine rings is 1. The number of hydrogen-bond acceptors (Lipinski definition) is 4. The van der Waals surface area contributed by atoms with E-state index in [2.05, 4.69) is 54.5 Å². The lowest BCUT2D eigenvalue weighted by Crippen LogP contribution is -2.48. The molecule has 0 radical (unpaired) electrons. The van der Waals surface area contributed by atoms with Crippen LogP contribution in [0.15, 0.2) is 108 Å². The van der Waals surface area contributed by atoms with Crippen molar-refractivity contribution in [3.8, 4) is 11.5 Å². The van der Waals surface area contributed by atoms with Crippen LogP contribution in [0, 0.1) is 0 Å². The predicted molar refractivity (Wildman–Crippen MR) is 154 cm³/mol. The minimum Gasteiger partial charge on any atom is -0.457 e. The van der Waals surface area contributed by atoms with Crippen molar-refractivity contribution in [3.63, 3.8) is 0 Å². The van der Waals surface area contributed by atoms with Crippen molar-refractivity contribution in [1.29, 1.82) is 0 Å². The van der Waals surface area contributed by atoms with Crippen molar-refractivity contribution in [2.45, 2.75) is 31.6 Å². The van der Waals surface area contributed by atoms with Gasteiger partial charge in [-0.25, -0.2) is 9.79 Å². The number of ether oxygens (including phenoxy) is 1. The van der Waals surface area contributed by atoms with Crippen LogP contribution in [0.1, 0.15) is 37.3 Å². The molecule has 1 aliphatic heterocycles. The van der Waals surface area contributed by atoms with Crippen molar-refractivity contribution < 1.29 is 9.53 Å². The SMILES string of the molecule is C=C(N=C1/C(=C\C)CC2(CCN(C(=O)Nc3ccc(Oc4ccccc4)cc3)CC2)c2ccccc21)NC. The number of para-hydroxylation sites is 1. The van der Waals surface area contributed by atoms with Crippen LogP contribution in [0.4, 0.5) is 10.5 Å². The van der Waals surface area contributed by atoms with Crippen LogP contribution in [0.5, 0.6) is 11.5 Å². The second-order valence-electron chi connectivity index (χ2n) is 9.83. The summed E-state index contributed by atoms with van der Waals surface area (Å²) in [6.07, 6.45) is 4.89. The van der Waals surface area contributed by atoms with Crippen LogP contribution in [-0.2, 0) is 5.41 Å². The summed E-state index contributed by atoms with van der Waals surface area (Å²) in [5.74, 6) is 2.16. The quantitative estimate of drug-likeness (QED) is 0.397. The Kier molecular flexibility index (Phi) is 7.31. The highest BCUT2D eigenvalue weighted by Gasteiger charge is 2.43. The average Bonchev–Trinajstić information content (AvgIpc) is 2.96. The number of nitrogens with one attached hydrogen (secondary N) is 2. The first kappa shape index (κ1) is 25.3. The number of carbonyl (C=O) groups is 1. The van der Waals surface area contributed by atoms with Gasteiger partial charge in [0, 0.05) is 36.8 Å². The Bertz CT molecular complexity index is 1370. The minimum absolute atomic E-state index is 0.00830. The van der Waals surface area contributed by atoms with E-state index in [1.54, 1.807) is 0 Å². The van der Waals surface area contributed by atoms with E-state index in [1.807, 2.05) is 66.5 Å². The molecule has 5 rings (SSSR count). The summed E-state index contributed by atoms with van der Waals surface area (Å²) in [4.78, 5) is 19.8. The zero-order valence-electron chi connectivity index (χ0n) is 22.0. The van der Waals surface area contributed by atoms with Gasteiger partial charge in [-0.3, -0.25) is 0 Å². The number of anilines is 1. The molecule has 1 aliphatic carbocycles. The topological polar surface area (TPSA) is 66.0 Å². The molecule has 1 fully saturated rings. The van der Waals surface area contributed by atoms with Gasteiger partial charge in [-0.2, -0.15) is 0 Å². The summed E-state index contributed by atoms with van der Waals surface area (Å²) in [5, 5.41) is 6.10. The molecule has 1 heterocycles. The number of likely N-dealkylation sites (tertiary alicyclic amines) is 1. The molecule has 2 aliphatic rings. The summed E-state index contributed by atoms with van der Waals surface area (Å²) in [6, 6.07) is 25.6. The highest BCUT2D eigenvalue weighted by molar-refractivity contribution is 6.15. The van der Waals surface area contributed by atoms with Gasteiger partial charge >= 0.3 is 6.03 Å². The van der Waals surface area contributed by atoms with Gasteiger partial charge in [0.25, 0.3) is 0 Å². The van der Waals surface area contributed by atoms with E-state index < -0.39 is 0 Å². The molecule has 0 aromatic heterocycles. The Balaban J connectivity index is 1.27. The van der Waals surface area contributed by atoms with Crippen molar-refractivity contribution in [1.82, 2.24) is 10.2 Å². The summed E-state index contributed by atoms with van der Waals surface area (Å²) in [6.45, 7) is 7.49. The molecule has 3 aromatic carbocycles. The Morgan fingerprint density at radius 3 is 2.32 bits per heavy atom. The number of carbonyl (C=O) groups excluding carboxylic acids is 1. The molecular formula is C32H34N4O2. The zero-order valence-corrected chi connectivity index (χ0v) is 22.0. The van der Waals surface area contributed by atoms with E-state index in [9.17, 15) is 4.79 Å². The third-order valence-electron chi connectivity index (χ3n) is 7.56. The van der Waals surface area contributed by atoms with E-state index >= 15 is 0 Å². The maximum absolute atomic E-state index is 13.1. The monoisotopic (exact) mass is 506 g/mol. The minimum atomic E-state index is -0.0699. The molecule has 1 saturated heterocycles. The highest BCUT2D eigenvalue weighted by atomic mass is 16.5. The number of allylic oxidation sites excluding steroid dienone is 2. The third kappa shape index (κ3) is 5.21. The van der Waals surface area contributed by atoms with Gasteiger partial charge in [0.1, 0.15) is 17.3 Å². The van der Waals surface area contributed by atoms with E-state index in [-0.39, 0.29) is 11.4 Å². The first-order valence-electron chi connectivity index (χ1n) is 13.1. The zero-order chi connectivity index (χ0) is 26.5. The van der Waals surface area contributed by atoms with Crippen LogP contribution in [-0.4, -0.2) is 36.8 Å². The van der Waals surface area contributed by atoms with Crippen LogP contribution in [0.2, 0.25) is 0 Å². The molecular weight excluding hydrogens is 472 g/mol. The maximum Gasteiger partial charge on any atom is 0.321 e. The Morgan fingerprint density at radius 1 is 0.974 bits per heavy atom. The van der Waals surface area contributed by atoms with Gasteiger partial charge in [-0.05, 0) is 73.7 Å². The van der Waals surface area contributed by atoms with E-state index in [4.69, 9.17) is 9.73 Å². The molecule has 0 bridgehead atoms. The normalized spacial score (nSPS) is 18.2. The molecule has 1 spiro atoms. The molecule has 3 aromatic rings. The Morgan fingerprint density at radius 2 is 1.63 bits per heavy atom. The van der Waals surface area contributed by atoms with Gasteiger partial charge in [-0.1, -0.05) is 55.1 Å². The number of rotatable bonds is 5. The third-order valence-corrected chi connectivity index (χ3v) is 7.56. The number of urea groups is 1. The Hall–Kier alpha value is -4.32. The lowest BCUT2D eigenvalue weighted by atomic mass is 9.63. The van der Waals surface area contributed by atoms with Gasteiger partial charge in [0.05, 0.1) is 5.71 Å². The van der Waals surface area contributed by atoms with Crippen LogP contribution in [0.25, 0.3) is 0 Å². The summed E-state index contributed by atoms with van der Waals surface area (Å²) >= 11 is 0. The fourth-order valence-corrected chi connectivity index (χ4v) is 5.45. The lowest BCUT2D eigenvalue weighted by molar-refractivity contribution is 0.167. The standard InChI is InChI=1S/C32H34N4O2/c1-4-24-22-32(29-13-9-8-12-28(29)30(24)34-23(2)33-3)18-20-36(21-19-32)31(37)35-25-14-16-27(17-15-25)38-26-10-6-5-7-11-26/h4-17,33H,2,18-22H2,1,3H3,(H,35,37)/b24-4-,34-30?. The summed E-state index contributed by atoms with van der Waals surface area (Å²) in [7, 11) is 1.84. The molecule has 0 unspecified atom stereocenters. The van der Waals surface area contributed by atoms with Crippen LogP contribution < -0.4 is 15.4 Å². The summed E-state index contributed by atoms with van der Waals surface area (Å²) in [5.41, 5.74) is 5.46. The highest BCUT2D eigenvalue weighted by Crippen LogP contribution is 2.47. The molecule has 2 amide bonds. The lowest BCUT2D eigenvalue weighted by Gasteiger charge is -2.46. The van der Waals surface area contributed by atoms with Crippen molar-refractivity contribution in [2.24, 2.45) is 4.99 Å². The average molecular weight is 507 g/mol.